The van der Waals surface area contributed by atoms with E-state index in [0.29, 0.717) is 5.56 Å². The largest absolute Gasteiger partial charge is 0.469 e. The van der Waals surface area contributed by atoms with Gasteiger partial charge in [-0.1, -0.05) is 44.2 Å². The summed E-state index contributed by atoms with van der Waals surface area (Å²) in [4.78, 5) is 40.5. The first-order chi connectivity index (χ1) is 16.7. The van der Waals surface area contributed by atoms with Crippen molar-refractivity contribution in [1.82, 2.24) is 9.62 Å². The fraction of sp³-hybridized carbons (Fsp3) is 0.381. The maximum Gasteiger partial charge on any atom is 0.469 e. The van der Waals surface area contributed by atoms with Crippen LogP contribution in [0.5, 0.6) is 0 Å². The smallest absolute Gasteiger partial charge is 0.465 e. The number of nitrogens with one attached hydrogen (secondary N) is 1. The molecule has 13 nitrogen and oxygen atoms in total. The molecule has 0 aliphatic rings. The molecule has 0 aromatic heterocycles. The van der Waals surface area contributed by atoms with Crippen LogP contribution < -0.4 is 5.32 Å². The number of non-ortho nitro benzene ring substituents is 1. The third kappa shape index (κ3) is 8.97. The lowest BCUT2D eigenvalue weighted by Crippen LogP contribution is -2.51. The van der Waals surface area contributed by atoms with E-state index in [1.165, 1.54) is 0 Å². The molecule has 0 aliphatic heterocycles. The summed E-state index contributed by atoms with van der Waals surface area (Å²) in [6.45, 7) is 2.72. The van der Waals surface area contributed by atoms with E-state index in [1.54, 1.807) is 44.2 Å². The summed E-state index contributed by atoms with van der Waals surface area (Å²) in [5, 5.41) is 22.5. The highest BCUT2D eigenvalue weighted by Gasteiger charge is 2.36. The molecule has 0 heterocycles. The van der Waals surface area contributed by atoms with Crippen molar-refractivity contribution in [3.63, 3.8) is 0 Å². The third-order valence-corrected chi connectivity index (χ3v) is 7.36. The average Bonchev–Trinajstić information content (AvgIpc) is 2.77. The standard InChI is InChI=1S/C21H28N3O10PS/c1-15(2)13-23(36(32,33)18-10-8-17(9-11-18)24(27)28)14-20(34-35(29,30)31)19(22-21(25)26)12-16-6-4-3-5-7-16/h3-11,15,19-20,22H,12-14H2,1-2H3,(H,25,26)(H2,29,30,31)/t19-,20+/m0/s1. The van der Waals surface area contributed by atoms with E-state index in [4.69, 9.17) is 4.52 Å². The highest BCUT2D eigenvalue weighted by molar-refractivity contribution is 7.89. The maximum absolute atomic E-state index is 13.4. The first kappa shape index (κ1) is 29.4. The molecule has 2 atom stereocenters. The Morgan fingerprint density at radius 1 is 1.11 bits per heavy atom. The maximum atomic E-state index is 13.4. The summed E-state index contributed by atoms with van der Waals surface area (Å²) < 4.78 is 44.4. The van der Waals surface area contributed by atoms with Crippen molar-refractivity contribution in [1.29, 1.82) is 0 Å². The Kier molecular flexibility index (Phi) is 10.1. The summed E-state index contributed by atoms with van der Waals surface area (Å²) in [5.74, 6) is -0.242. The first-order valence-corrected chi connectivity index (χ1v) is 13.7. The lowest BCUT2D eigenvalue weighted by atomic mass is 10.0. The van der Waals surface area contributed by atoms with Crippen LogP contribution in [-0.4, -0.2) is 63.9 Å². The fourth-order valence-corrected chi connectivity index (χ4v) is 5.66. The van der Waals surface area contributed by atoms with Gasteiger partial charge in [-0.25, -0.2) is 17.8 Å². The lowest BCUT2D eigenvalue weighted by Gasteiger charge is -2.32. The number of phosphoric ester groups is 1. The molecule has 0 aliphatic carbocycles. The zero-order valence-electron chi connectivity index (χ0n) is 19.5. The number of sulfonamides is 1. The molecule has 2 rings (SSSR count). The number of hydrogen-bond donors (Lipinski definition) is 4. The van der Waals surface area contributed by atoms with E-state index in [9.17, 15) is 42.8 Å². The van der Waals surface area contributed by atoms with Crippen molar-refractivity contribution in [3.8, 4) is 0 Å². The van der Waals surface area contributed by atoms with Gasteiger partial charge in [0.05, 0.1) is 15.9 Å². The van der Waals surface area contributed by atoms with Crippen LogP contribution in [0.2, 0.25) is 0 Å². The number of nitro groups is 1. The van der Waals surface area contributed by atoms with Crippen LogP contribution in [0, 0.1) is 16.0 Å². The van der Waals surface area contributed by atoms with Crippen LogP contribution >= 0.6 is 7.82 Å². The molecule has 1 amide bonds. The molecule has 36 heavy (non-hydrogen) atoms. The molecular formula is C21H28N3O10PS. The molecule has 0 spiro atoms. The molecule has 0 saturated heterocycles. The molecule has 2 aromatic carbocycles. The minimum absolute atomic E-state index is 0.0507. The summed E-state index contributed by atoms with van der Waals surface area (Å²) in [5.41, 5.74) is 0.296. The van der Waals surface area contributed by atoms with Gasteiger partial charge in [0.1, 0.15) is 6.10 Å². The summed E-state index contributed by atoms with van der Waals surface area (Å²) >= 11 is 0. The molecule has 4 N–H and O–H groups in total. The van der Waals surface area contributed by atoms with E-state index in [-0.39, 0.29) is 29.5 Å². The van der Waals surface area contributed by atoms with Gasteiger partial charge in [0, 0.05) is 25.2 Å². The van der Waals surface area contributed by atoms with Gasteiger partial charge in [0.2, 0.25) is 10.0 Å². The van der Waals surface area contributed by atoms with Crippen LogP contribution in [0.15, 0.2) is 59.5 Å². The van der Waals surface area contributed by atoms with Gasteiger partial charge in [-0.2, -0.15) is 4.31 Å². The summed E-state index contributed by atoms with van der Waals surface area (Å²) in [7, 11) is -9.51. The predicted molar refractivity (Wildman–Crippen MR) is 129 cm³/mol. The van der Waals surface area contributed by atoms with Gasteiger partial charge in [0.15, 0.2) is 0 Å². The number of nitro benzene ring substituents is 1. The molecule has 0 saturated carbocycles. The minimum Gasteiger partial charge on any atom is -0.465 e. The van der Waals surface area contributed by atoms with Gasteiger partial charge in [-0.05, 0) is 30.0 Å². The monoisotopic (exact) mass is 545 g/mol. The average molecular weight is 546 g/mol. The highest BCUT2D eigenvalue weighted by Crippen LogP contribution is 2.39. The highest BCUT2D eigenvalue weighted by atomic mass is 32.2. The number of amides is 1. The van der Waals surface area contributed by atoms with Crippen molar-refractivity contribution >= 4 is 29.6 Å². The van der Waals surface area contributed by atoms with E-state index in [1.807, 2.05) is 0 Å². The number of hydrogen-bond acceptors (Lipinski definition) is 7. The molecule has 0 radical (unpaired) electrons. The zero-order valence-corrected chi connectivity index (χ0v) is 21.2. The van der Waals surface area contributed by atoms with Crippen molar-refractivity contribution in [3.05, 3.63) is 70.3 Å². The molecule has 15 heteroatoms. The number of carbonyl (C=O) groups is 1. The fourth-order valence-electron chi connectivity index (χ4n) is 3.48. The van der Waals surface area contributed by atoms with E-state index in [0.717, 1.165) is 28.6 Å². The number of carboxylic acid groups (broad SMARTS) is 1. The first-order valence-electron chi connectivity index (χ1n) is 10.7. The van der Waals surface area contributed by atoms with Crippen molar-refractivity contribution in [2.45, 2.75) is 37.3 Å². The number of benzene rings is 2. The van der Waals surface area contributed by atoms with E-state index < -0.39 is 47.6 Å². The summed E-state index contributed by atoms with van der Waals surface area (Å²) in [6.07, 6.45) is -3.14. The molecule has 0 bridgehead atoms. The van der Waals surface area contributed by atoms with Crippen molar-refractivity contribution in [2.75, 3.05) is 13.1 Å². The Hall–Kier alpha value is -2.87. The van der Waals surface area contributed by atoms with Gasteiger partial charge in [-0.3, -0.25) is 14.6 Å². The van der Waals surface area contributed by atoms with Crippen LogP contribution in [0.3, 0.4) is 0 Å². The van der Waals surface area contributed by atoms with Crippen molar-refractivity contribution in [2.24, 2.45) is 5.92 Å². The third-order valence-electron chi connectivity index (χ3n) is 4.97. The van der Waals surface area contributed by atoms with E-state index in [2.05, 4.69) is 5.32 Å². The Bertz CT molecular complexity index is 1190. The Morgan fingerprint density at radius 3 is 2.17 bits per heavy atom. The van der Waals surface area contributed by atoms with Gasteiger partial charge in [-0.15, -0.1) is 0 Å². The Labute approximate surface area is 208 Å². The molecule has 0 unspecified atom stereocenters. The second-order valence-corrected chi connectivity index (χ2v) is 11.5. The Balaban J connectivity index is 2.49. The zero-order chi connectivity index (χ0) is 27.1. The molecule has 198 valence electrons. The van der Waals surface area contributed by atoms with Gasteiger partial charge in [0.25, 0.3) is 5.69 Å². The lowest BCUT2D eigenvalue weighted by molar-refractivity contribution is -0.384. The normalized spacial score (nSPS) is 13.9. The number of rotatable bonds is 13. The second-order valence-electron chi connectivity index (χ2n) is 8.35. The van der Waals surface area contributed by atoms with E-state index >= 15 is 0 Å². The Morgan fingerprint density at radius 2 is 1.69 bits per heavy atom. The molecular weight excluding hydrogens is 517 g/mol. The predicted octanol–water partition coefficient (Wildman–Crippen LogP) is 2.60. The summed E-state index contributed by atoms with van der Waals surface area (Å²) in [6, 6.07) is 11.4. The molecule has 2 aromatic rings. The number of nitrogens with zero attached hydrogens (tertiary/aromatic N) is 2. The SMILES string of the molecule is CC(C)CN(C[C@@H](OP(=O)(O)O)[C@H](Cc1ccccc1)NC(=O)O)S(=O)(=O)c1ccc([N+](=O)[O-])cc1. The van der Waals surface area contributed by atoms with Crippen LogP contribution in [0.25, 0.3) is 0 Å². The van der Waals surface area contributed by atoms with Crippen LogP contribution in [0.4, 0.5) is 10.5 Å². The topological polar surface area (TPSA) is 197 Å². The quantitative estimate of drug-likeness (QED) is 0.165. The van der Waals surface area contributed by atoms with Crippen LogP contribution in [-0.2, 0) is 25.5 Å². The second kappa shape index (κ2) is 12.4. The van der Waals surface area contributed by atoms with Gasteiger partial charge >= 0.3 is 13.9 Å². The van der Waals surface area contributed by atoms with Crippen molar-refractivity contribution < 1.29 is 42.1 Å². The number of phosphoric acid groups is 1. The molecule has 0 fully saturated rings. The van der Waals surface area contributed by atoms with Crippen LogP contribution in [0.1, 0.15) is 19.4 Å². The minimum atomic E-state index is -5.19. The van der Waals surface area contributed by atoms with Gasteiger partial charge < -0.3 is 20.2 Å².